The third-order valence-corrected chi connectivity index (χ3v) is 11.2. The van der Waals surface area contributed by atoms with Gasteiger partial charge in [0.1, 0.15) is 48.0 Å². The second-order valence-corrected chi connectivity index (χ2v) is 16.8. The molecular weight excluding hydrogens is 859 g/mol. The Morgan fingerprint density at radius 2 is 1.50 bits per heavy atom. The molecular formula is C43H67N13O10. The highest BCUT2D eigenvalue weighted by Gasteiger charge is 2.40. The number of hydrogen-bond donors (Lipinski definition) is 13. The van der Waals surface area contributed by atoms with Crippen LogP contribution in [0.2, 0.25) is 0 Å². The molecule has 23 nitrogen and oxygen atoms in total. The Kier molecular flexibility index (Phi) is 21.3. The standard InChI is InChI=1S/C43H67N13O10/c1-7-24(4)35(40(63)53-31(19-27-20-47-22-49-27)41(64)56-17-9-11-32(56)38(61)50-25(5)42(65)66)55-37(60)30(18-26-12-14-28(57)15-13-26)52-39(62)34(23(2)3)54-36(59)29(51-33(58)21-46-6)10-8-16-48-43(44)45/h12-15,20,22-25,29-32,34-35,46,57H,7-11,16-19,21H2,1-6H3,(H,47,49)(H,50,61)(H,51,58)(H,52,62)(H,53,63)(H,54,59)(H,55,60)(H,65,66)(H4,44,45,48)/t24?,25-,29+,30?,31+,32+,34+,35+/m1/s1. The van der Waals surface area contributed by atoms with Crippen molar-refractivity contribution in [2.75, 3.05) is 26.7 Å². The number of carboxylic acids is 1. The van der Waals surface area contributed by atoms with Gasteiger partial charge in [-0.3, -0.25) is 43.8 Å². The van der Waals surface area contributed by atoms with Gasteiger partial charge in [-0.2, -0.15) is 0 Å². The molecule has 0 radical (unpaired) electrons. The van der Waals surface area contributed by atoms with E-state index in [1.807, 2.05) is 0 Å². The van der Waals surface area contributed by atoms with Crippen LogP contribution >= 0.6 is 0 Å². The van der Waals surface area contributed by atoms with Gasteiger partial charge in [0.15, 0.2) is 5.96 Å². The molecule has 66 heavy (non-hydrogen) atoms. The monoisotopic (exact) mass is 926 g/mol. The summed E-state index contributed by atoms with van der Waals surface area (Å²) in [6.07, 6.45) is 4.30. The van der Waals surface area contributed by atoms with E-state index < -0.39 is 101 Å². The number of hydrogen-bond acceptors (Lipinski definition) is 12. The zero-order valence-electron chi connectivity index (χ0n) is 38.4. The van der Waals surface area contributed by atoms with E-state index in [0.717, 1.165) is 0 Å². The Morgan fingerprint density at radius 1 is 0.864 bits per heavy atom. The number of amides is 7. The summed E-state index contributed by atoms with van der Waals surface area (Å²) in [5, 5.41) is 48.1. The highest BCUT2D eigenvalue weighted by atomic mass is 16.4. The first-order valence-electron chi connectivity index (χ1n) is 22.1. The number of aromatic amines is 1. The van der Waals surface area contributed by atoms with Gasteiger partial charge in [0.2, 0.25) is 41.4 Å². The van der Waals surface area contributed by atoms with Gasteiger partial charge in [-0.1, -0.05) is 46.2 Å². The first-order valence-corrected chi connectivity index (χ1v) is 22.1. The maximum absolute atomic E-state index is 14.4. The van der Waals surface area contributed by atoms with Crippen LogP contribution in [0, 0.1) is 17.2 Å². The molecule has 1 fully saturated rings. The van der Waals surface area contributed by atoms with Crippen molar-refractivity contribution < 1.29 is 48.6 Å². The number of aromatic nitrogens is 2. The molecule has 0 spiro atoms. The number of nitrogens with two attached hydrogens (primary N) is 1. The molecule has 0 saturated carbocycles. The molecule has 1 aromatic heterocycles. The van der Waals surface area contributed by atoms with Gasteiger partial charge in [-0.25, -0.2) is 4.98 Å². The lowest BCUT2D eigenvalue weighted by molar-refractivity contribution is -0.144. The normalized spacial score (nSPS) is 16.6. The molecule has 1 aromatic carbocycles. The van der Waals surface area contributed by atoms with Crippen LogP contribution in [0.15, 0.2) is 36.8 Å². The predicted molar refractivity (Wildman–Crippen MR) is 241 cm³/mol. The summed E-state index contributed by atoms with van der Waals surface area (Å²) in [5.41, 5.74) is 6.32. The molecule has 7 amide bonds. The molecule has 1 saturated heterocycles. The van der Waals surface area contributed by atoms with Crippen molar-refractivity contribution in [3.8, 4) is 5.75 Å². The van der Waals surface area contributed by atoms with E-state index >= 15 is 0 Å². The minimum atomic E-state index is -1.35. The van der Waals surface area contributed by atoms with Crippen molar-refractivity contribution in [3.05, 3.63) is 48.0 Å². The SMILES string of the molecule is CCC(C)[C@H](NC(=O)C(Cc1ccc(O)cc1)NC(=O)[C@@H](NC(=O)[C@H](CCCNC(=N)N)NC(=O)CNC)C(C)C)C(=O)N[C@@H](Cc1c[nH]cn1)C(=O)N1CCC[C@H]1C(=O)N[C@H](C)C(=O)O. The smallest absolute Gasteiger partial charge is 0.325 e. The first kappa shape index (κ1) is 53.6. The maximum Gasteiger partial charge on any atom is 0.325 e. The van der Waals surface area contributed by atoms with Crippen molar-refractivity contribution in [1.29, 1.82) is 5.41 Å². The van der Waals surface area contributed by atoms with E-state index in [1.165, 1.54) is 30.3 Å². The average molecular weight is 926 g/mol. The van der Waals surface area contributed by atoms with Crippen LogP contribution in [0.4, 0.5) is 0 Å². The van der Waals surface area contributed by atoms with Crippen molar-refractivity contribution in [3.63, 3.8) is 0 Å². The number of likely N-dealkylation sites (tertiary alicyclic amines) is 1. The minimum absolute atomic E-state index is 0.0389. The van der Waals surface area contributed by atoms with E-state index in [2.05, 4.69) is 52.5 Å². The minimum Gasteiger partial charge on any atom is -0.508 e. The number of H-pyrrole nitrogens is 1. The highest BCUT2D eigenvalue weighted by Crippen LogP contribution is 2.21. The molecule has 0 bridgehead atoms. The van der Waals surface area contributed by atoms with Crippen molar-refractivity contribution in [2.45, 2.75) is 122 Å². The van der Waals surface area contributed by atoms with Crippen molar-refractivity contribution in [2.24, 2.45) is 17.6 Å². The number of carbonyl (C=O) groups excluding carboxylic acids is 7. The fourth-order valence-corrected chi connectivity index (χ4v) is 7.23. The Labute approximate surface area is 383 Å². The number of aliphatic carboxylic acids is 1. The van der Waals surface area contributed by atoms with E-state index in [9.17, 15) is 48.6 Å². The number of carboxylic acid groups (broad SMARTS) is 1. The molecule has 2 aromatic rings. The molecule has 2 unspecified atom stereocenters. The summed E-state index contributed by atoms with van der Waals surface area (Å²) in [6, 6.07) is -2.43. The summed E-state index contributed by atoms with van der Waals surface area (Å²) < 4.78 is 0. The van der Waals surface area contributed by atoms with Gasteiger partial charge in [-0.15, -0.1) is 0 Å². The zero-order valence-corrected chi connectivity index (χ0v) is 38.4. The number of rotatable bonds is 26. The number of nitrogens with one attached hydrogen (secondary N) is 10. The molecule has 364 valence electrons. The van der Waals surface area contributed by atoms with Gasteiger partial charge in [0.05, 0.1) is 18.6 Å². The van der Waals surface area contributed by atoms with Gasteiger partial charge >= 0.3 is 5.97 Å². The number of nitrogens with zero attached hydrogens (tertiary/aromatic N) is 2. The maximum atomic E-state index is 14.4. The lowest BCUT2D eigenvalue weighted by atomic mass is 9.96. The quantitative estimate of drug-likeness (QED) is 0.0278. The van der Waals surface area contributed by atoms with Crippen LogP contribution in [-0.2, 0) is 51.2 Å². The van der Waals surface area contributed by atoms with Crippen LogP contribution in [0.1, 0.15) is 78.0 Å². The second-order valence-electron chi connectivity index (χ2n) is 16.8. The fraction of sp³-hybridized carbons (Fsp3) is 0.581. The molecule has 8 atom stereocenters. The van der Waals surface area contributed by atoms with Gasteiger partial charge < -0.3 is 68.4 Å². The van der Waals surface area contributed by atoms with E-state index in [-0.39, 0.29) is 57.0 Å². The summed E-state index contributed by atoms with van der Waals surface area (Å²) in [5.74, 6) is -7.26. The number of benzene rings is 1. The van der Waals surface area contributed by atoms with Crippen LogP contribution in [-0.4, -0.2) is 147 Å². The van der Waals surface area contributed by atoms with Crippen LogP contribution in [0.25, 0.3) is 0 Å². The number of imidazole rings is 1. The highest BCUT2D eigenvalue weighted by molar-refractivity contribution is 5.98. The Hall–Kier alpha value is -6.78. The van der Waals surface area contributed by atoms with Crippen LogP contribution in [0.3, 0.4) is 0 Å². The van der Waals surface area contributed by atoms with Gasteiger partial charge in [0.25, 0.3) is 0 Å². The fourth-order valence-electron chi connectivity index (χ4n) is 7.23. The molecule has 2 heterocycles. The summed E-state index contributed by atoms with van der Waals surface area (Å²) >= 11 is 0. The molecule has 0 aliphatic carbocycles. The third-order valence-electron chi connectivity index (χ3n) is 11.2. The predicted octanol–water partition coefficient (Wildman–Crippen LogP) is -1.91. The summed E-state index contributed by atoms with van der Waals surface area (Å²) in [7, 11) is 1.57. The molecule has 3 rings (SSSR count). The molecule has 23 heteroatoms. The van der Waals surface area contributed by atoms with Gasteiger partial charge in [0, 0.05) is 32.1 Å². The van der Waals surface area contributed by atoms with Crippen LogP contribution in [0.5, 0.6) is 5.75 Å². The third kappa shape index (κ3) is 16.7. The second kappa shape index (κ2) is 26.2. The van der Waals surface area contributed by atoms with E-state index in [1.54, 1.807) is 53.1 Å². The number of likely N-dealkylation sites (N-methyl/N-ethyl adjacent to an activating group) is 1. The number of carbonyl (C=O) groups is 8. The molecule has 14 N–H and O–H groups in total. The Morgan fingerprint density at radius 3 is 2.09 bits per heavy atom. The average Bonchev–Trinajstić information content (AvgIpc) is 3.98. The Balaban J connectivity index is 1.91. The topological polar surface area (TPSA) is 355 Å². The number of guanidine groups is 1. The van der Waals surface area contributed by atoms with Crippen molar-refractivity contribution >= 4 is 53.3 Å². The summed E-state index contributed by atoms with van der Waals surface area (Å²) in [4.78, 5) is 116. The first-order chi connectivity index (χ1) is 31.2. The van der Waals surface area contributed by atoms with E-state index in [4.69, 9.17) is 11.1 Å². The molecule has 1 aliphatic heterocycles. The largest absolute Gasteiger partial charge is 0.508 e. The van der Waals surface area contributed by atoms with E-state index in [0.29, 0.717) is 30.5 Å². The Bertz CT molecular complexity index is 1980. The number of phenolic OH excluding ortho intramolecular Hbond substituents is 1. The van der Waals surface area contributed by atoms with Crippen molar-refractivity contribution in [1.82, 2.24) is 57.4 Å². The lowest BCUT2D eigenvalue weighted by Crippen LogP contribution is -2.62. The van der Waals surface area contributed by atoms with Crippen LogP contribution < -0.4 is 48.3 Å². The number of aromatic hydroxyl groups is 1. The summed E-state index contributed by atoms with van der Waals surface area (Å²) in [6.45, 7) is 8.52. The molecule has 1 aliphatic rings. The lowest BCUT2D eigenvalue weighted by Gasteiger charge is -2.32. The zero-order chi connectivity index (χ0) is 49.1. The van der Waals surface area contributed by atoms with Gasteiger partial charge in [-0.05, 0) is 69.2 Å². The number of phenols is 1.